The van der Waals surface area contributed by atoms with E-state index in [0.717, 1.165) is 44.9 Å². The number of anilines is 1. The number of unbranched alkanes of at least 4 members (excludes halogenated alkanes) is 1. The molecule has 0 saturated carbocycles. The Bertz CT molecular complexity index is 1390. The maximum absolute atomic E-state index is 13.7. The Kier molecular flexibility index (Phi) is 10.6. The van der Waals surface area contributed by atoms with Crippen molar-refractivity contribution in [2.75, 3.05) is 30.3 Å². The highest BCUT2D eigenvalue weighted by atomic mass is 32.2. The zero-order valence-electron chi connectivity index (χ0n) is 24.5. The number of aromatic nitrogens is 1. The predicted molar refractivity (Wildman–Crippen MR) is 159 cm³/mol. The topological polar surface area (TPSA) is 103 Å². The van der Waals surface area contributed by atoms with Crippen LogP contribution >= 0.6 is 0 Å². The Labute approximate surface area is 246 Å². The molecule has 0 bridgehead atoms. The molecular weight excluding hydrogens is 569 g/mol. The van der Waals surface area contributed by atoms with E-state index in [9.17, 15) is 31.2 Å². The molecule has 2 fully saturated rings. The smallest absolute Gasteiger partial charge is 0.366 e. The van der Waals surface area contributed by atoms with Gasteiger partial charge in [0.05, 0.1) is 11.3 Å². The lowest BCUT2D eigenvalue weighted by Crippen LogP contribution is -2.39. The molecule has 2 N–H and O–H groups in total. The molecule has 4 rings (SSSR count). The maximum atomic E-state index is 13.7. The first kappa shape index (κ1) is 32.3. The number of fused-ring (bicyclic) bond motifs is 1. The molecule has 8 nitrogen and oxygen atoms in total. The van der Waals surface area contributed by atoms with Crippen molar-refractivity contribution in [2.45, 2.75) is 96.3 Å². The molecule has 2 aliphatic heterocycles. The molecule has 2 aromatic rings. The van der Waals surface area contributed by atoms with Crippen LogP contribution in [0.2, 0.25) is 0 Å². The minimum Gasteiger partial charge on any atom is -0.366 e. The van der Waals surface area contributed by atoms with Crippen molar-refractivity contribution in [2.24, 2.45) is 5.92 Å². The number of benzene rings is 1. The summed E-state index contributed by atoms with van der Waals surface area (Å²) in [6.45, 7) is 5.64. The molecule has 0 spiro atoms. The van der Waals surface area contributed by atoms with Crippen LogP contribution in [0, 0.1) is 5.92 Å². The van der Waals surface area contributed by atoms with Crippen LogP contribution in [-0.2, 0) is 21.0 Å². The van der Waals surface area contributed by atoms with Gasteiger partial charge in [0, 0.05) is 60.8 Å². The number of carbonyl (C=O) groups is 1. The van der Waals surface area contributed by atoms with Crippen molar-refractivity contribution >= 4 is 32.5 Å². The average molecular weight is 613 g/mol. The second-order valence-electron chi connectivity index (χ2n) is 11.8. The van der Waals surface area contributed by atoms with Gasteiger partial charge in [-0.05, 0) is 82.4 Å². The first-order valence-electron chi connectivity index (χ1n) is 15.2. The van der Waals surface area contributed by atoms with Gasteiger partial charge in [0.1, 0.15) is 0 Å². The van der Waals surface area contributed by atoms with Crippen molar-refractivity contribution in [3.8, 4) is 0 Å². The summed E-state index contributed by atoms with van der Waals surface area (Å²) in [5.41, 5.74) is -0.909. The number of H-pyrrole nitrogens is 1. The van der Waals surface area contributed by atoms with Gasteiger partial charge >= 0.3 is 6.18 Å². The van der Waals surface area contributed by atoms with Crippen molar-refractivity contribution in [1.29, 1.82) is 0 Å². The summed E-state index contributed by atoms with van der Waals surface area (Å²) < 4.78 is 67.4. The summed E-state index contributed by atoms with van der Waals surface area (Å²) in [7, 11) is -3.16. The SMILES string of the molecule is CCCCS(=O)(=O)N1CCC(CCCC(=O)NCCC2CCC(C)N2c2ccc3[nH]c(=O)cc(C(F)(F)F)c3c2)CC1. The number of piperidine rings is 1. The molecule has 1 aromatic carbocycles. The van der Waals surface area contributed by atoms with Gasteiger partial charge in [-0.25, -0.2) is 12.7 Å². The standard InChI is InChI=1S/C30H43F3N4O4S/c1-3-4-18-42(40,41)36-16-13-22(14-17-36)6-5-7-28(38)34-15-12-23-9-8-21(2)37(23)24-10-11-27-25(19-24)26(30(31,32)33)20-29(39)35-27/h10-11,19-23H,3-9,12-18H2,1-2H3,(H,34,38)(H,35,39). The van der Waals surface area contributed by atoms with Gasteiger partial charge in [-0.3, -0.25) is 9.59 Å². The summed E-state index contributed by atoms with van der Waals surface area (Å²) >= 11 is 0. The second kappa shape index (κ2) is 13.8. The van der Waals surface area contributed by atoms with E-state index in [1.54, 1.807) is 10.4 Å². The normalized spacial score (nSPS) is 20.8. The Hall–Kier alpha value is -2.60. The number of halogens is 3. The van der Waals surface area contributed by atoms with Crippen LogP contribution in [0.25, 0.3) is 10.9 Å². The first-order chi connectivity index (χ1) is 19.9. The van der Waals surface area contributed by atoms with E-state index >= 15 is 0 Å². The lowest BCUT2D eigenvalue weighted by molar-refractivity contribution is -0.136. The summed E-state index contributed by atoms with van der Waals surface area (Å²) in [5, 5.41) is 2.97. The highest BCUT2D eigenvalue weighted by Crippen LogP contribution is 2.37. The van der Waals surface area contributed by atoms with Gasteiger partial charge in [0.25, 0.3) is 0 Å². The minimum absolute atomic E-state index is 0.0170. The number of rotatable bonds is 12. The van der Waals surface area contributed by atoms with Crippen LogP contribution in [-0.4, -0.2) is 61.1 Å². The van der Waals surface area contributed by atoms with E-state index in [4.69, 9.17) is 0 Å². The van der Waals surface area contributed by atoms with Crippen molar-refractivity contribution < 1.29 is 26.4 Å². The lowest BCUT2D eigenvalue weighted by Gasteiger charge is -2.31. The van der Waals surface area contributed by atoms with Crippen LogP contribution in [0.3, 0.4) is 0 Å². The van der Waals surface area contributed by atoms with Gasteiger partial charge in [-0.2, -0.15) is 13.2 Å². The highest BCUT2D eigenvalue weighted by Gasteiger charge is 2.35. The summed E-state index contributed by atoms with van der Waals surface area (Å²) in [4.78, 5) is 28.9. The van der Waals surface area contributed by atoms with E-state index in [1.165, 1.54) is 12.1 Å². The Morgan fingerprint density at radius 2 is 1.81 bits per heavy atom. The number of pyridine rings is 1. The van der Waals surface area contributed by atoms with E-state index in [0.29, 0.717) is 56.6 Å². The molecule has 234 valence electrons. The molecule has 0 aliphatic carbocycles. The van der Waals surface area contributed by atoms with Crippen molar-refractivity contribution in [3.05, 3.63) is 40.2 Å². The van der Waals surface area contributed by atoms with Crippen molar-refractivity contribution in [1.82, 2.24) is 14.6 Å². The molecule has 1 aromatic heterocycles. The van der Waals surface area contributed by atoms with Crippen LogP contribution < -0.4 is 15.8 Å². The fraction of sp³-hybridized carbons (Fsp3) is 0.667. The van der Waals surface area contributed by atoms with E-state index in [-0.39, 0.29) is 34.6 Å². The molecule has 42 heavy (non-hydrogen) atoms. The summed E-state index contributed by atoms with van der Waals surface area (Å²) in [6.07, 6.45) is 3.09. The van der Waals surface area contributed by atoms with Gasteiger partial charge in [-0.15, -0.1) is 0 Å². The fourth-order valence-electron chi connectivity index (χ4n) is 6.41. The first-order valence-corrected chi connectivity index (χ1v) is 16.8. The predicted octanol–water partition coefficient (Wildman–Crippen LogP) is 5.42. The van der Waals surface area contributed by atoms with Gasteiger partial charge < -0.3 is 15.2 Å². The Balaban J connectivity index is 1.24. The third kappa shape index (κ3) is 8.06. The molecule has 2 atom stereocenters. The number of nitrogens with zero attached hydrogens (tertiary/aromatic N) is 2. The molecule has 2 saturated heterocycles. The largest absolute Gasteiger partial charge is 0.417 e. The Morgan fingerprint density at radius 1 is 1.07 bits per heavy atom. The number of hydrogen-bond donors (Lipinski definition) is 2. The number of sulfonamides is 1. The molecule has 0 radical (unpaired) electrons. The number of amides is 1. The van der Waals surface area contributed by atoms with E-state index in [2.05, 4.69) is 15.2 Å². The zero-order valence-corrected chi connectivity index (χ0v) is 25.3. The maximum Gasteiger partial charge on any atom is 0.417 e. The van der Waals surface area contributed by atoms with E-state index in [1.807, 2.05) is 13.8 Å². The van der Waals surface area contributed by atoms with Gasteiger partial charge in [-0.1, -0.05) is 13.3 Å². The minimum atomic E-state index is -4.64. The summed E-state index contributed by atoms with van der Waals surface area (Å²) in [5.74, 6) is 0.632. The Morgan fingerprint density at radius 3 is 2.50 bits per heavy atom. The molecule has 1 amide bonds. The third-order valence-corrected chi connectivity index (χ3v) is 10.7. The number of carbonyl (C=O) groups excluding carboxylic acids is 1. The molecule has 2 aliphatic rings. The zero-order chi connectivity index (χ0) is 30.5. The monoisotopic (exact) mass is 612 g/mol. The fourth-order valence-corrected chi connectivity index (χ4v) is 8.09. The van der Waals surface area contributed by atoms with Crippen LogP contribution in [0.1, 0.15) is 83.6 Å². The number of aromatic amines is 1. The van der Waals surface area contributed by atoms with Crippen LogP contribution in [0.4, 0.5) is 18.9 Å². The average Bonchev–Trinajstić information content (AvgIpc) is 3.31. The molecule has 3 heterocycles. The summed E-state index contributed by atoms with van der Waals surface area (Å²) in [6, 6.07) is 5.60. The third-order valence-electron chi connectivity index (χ3n) is 8.75. The quantitative estimate of drug-likeness (QED) is 0.333. The van der Waals surface area contributed by atoms with Gasteiger partial charge in [0.2, 0.25) is 21.5 Å². The van der Waals surface area contributed by atoms with Gasteiger partial charge in [0.15, 0.2) is 0 Å². The highest BCUT2D eigenvalue weighted by molar-refractivity contribution is 7.89. The van der Waals surface area contributed by atoms with Crippen molar-refractivity contribution in [3.63, 3.8) is 0 Å². The number of hydrogen-bond acceptors (Lipinski definition) is 5. The molecule has 2 unspecified atom stereocenters. The van der Waals surface area contributed by atoms with E-state index < -0.39 is 27.3 Å². The number of nitrogens with one attached hydrogen (secondary N) is 2. The lowest BCUT2D eigenvalue weighted by atomic mass is 9.92. The van der Waals surface area contributed by atoms with Crippen LogP contribution in [0.15, 0.2) is 29.1 Å². The van der Waals surface area contributed by atoms with Crippen LogP contribution in [0.5, 0.6) is 0 Å². The number of alkyl halides is 3. The second-order valence-corrected chi connectivity index (χ2v) is 13.9. The molecular formula is C30H43F3N4O4S. The molecule has 12 heteroatoms.